The molecule has 0 saturated carbocycles. The molecule has 2 N–H and O–H groups in total. The molecule has 1 saturated heterocycles. The maximum atomic E-state index is 12.3. The lowest BCUT2D eigenvalue weighted by Gasteiger charge is -2.22. The normalized spacial score (nSPS) is 15.1. The van der Waals surface area contributed by atoms with Crippen LogP contribution >= 0.6 is 11.6 Å². The summed E-state index contributed by atoms with van der Waals surface area (Å²) in [5, 5.41) is 7.13. The zero-order chi connectivity index (χ0) is 18.8. The van der Waals surface area contributed by atoms with Crippen molar-refractivity contribution in [2.45, 2.75) is 19.4 Å². The summed E-state index contributed by atoms with van der Waals surface area (Å²) >= 11 is 6.16. The third kappa shape index (κ3) is 3.78. The number of hydrogen-bond acceptors (Lipinski definition) is 3. The molecule has 0 atom stereocenters. The Morgan fingerprint density at radius 3 is 2.78 bits per heavy atom. The molecule has 4 rings (SSSR count). The second-order valence-electron chi connectivity index (χ2n) is 6.45. The molecule has 1 fully saturated rings. The van der Waals surface area contributed by atoms with E-state index in [1.807, 2.05) is 18.2 Å². The topological polar surface area (TPSA) is 86.2 Å². The van der Waals surface area contributed by atoms with Crippen molar-refractivity contribution in [2.75, 3.05) is 23.3 Å². The molecule has 7 nitrogen and oxygen atoms in total. The minimum absolute atomic E-state index is 0.365. The standard InChI is InChI=1S/C19H18ClN5O2/c20-13-7-6-12(16(10-13)25-8-1-2-9-25)11-21-18(26)22-14-4-3-5-15-17(14)24-19(27)23-15/h3-7,10H,1-2,8-9,11H2,(H2,21,22,26). The van der Waals surface area contributed by atoms with Crippen LogP contribution in [0.5, 0.6) is 0 Å². The molecule has 0 aromatic heterocycles. The summed E-state index contributed by atoms with van der Waals surface area (Å²) in [5.74, 6) is 0. The maximum absolute atomic E-state index is 12.3. The zero-order valence-electron chi connectivity index (χ0n) is 14.5. The Morgan fingerprint density at radius 1 is 1.15 bits per heavy atom. The van der Waals surface area contributed by atoms with Crippen molar-refractivity contribution >= 4 is 35.0 Å². The van der Waals surface area contributed by atoms with Gasteiger partial charge in [-0.3, -0.25) is 0 Å². The van der Waals surface area contributed by atoms with Crippen molar-refractivity contribution in [3.8, 4) is 0 Å². The number of nitrogens with one attached hydrogen (secondary N) is 2. The molecule has 2 aliphatic rings. The molecule has 4 amide bonds. The summed E-state index contributed by atoms with van der Waals surface area (Å²) in [5.41, 5.74) is 2.51. The lowest BCUT2D eigenvalue weighted by molar-refractivity contribution is 0.251. The first kappa shape index (κ1) is 17.5. The fourth-order valence-electron chi connectivity index (χ4n) is 3.34. The number of amides is 4. The Labute approximate surface area is 160 Å². The van der Waals surface area contributed by atoms with E-state index < -0.39 is 6.03 Å². The molecule has 0 spiro atoms. The number of rotatable bonds is 4. The monoisotopic (exact) mass is 383 g/mol. The summed E-state index contributed by atoms with van der Waals surface area (Å²) in [6.45, 7) is 2.35. The SMILES string of the molecule is O=C1N=c2cccc(NC(=O)NCc3ccc(Cl)cc3N3CCCC3)c2=N1. The molecular formula is C19H18ClN5O2. The van der Waals surface area contributed by atoms with Crippen LogP contribution in [0.3, 0.4) is 0 Å². The van der Waals surface area contributed by atoms with Gasteiger partial charge in [-0.25, -0.2) is 9.59 Å². The molecule has 0 radical (unpaired) electrons. The van der Waals surface area contributed by atoms with Crippen molar-refractivity contribution in [1.82, 2.24) is 5.32 Å². The third-order valence-corrected chi connectivity index (χ3v) is 4.86. The van der Waals surface area contributed by atoms with Crippen molar-refractivity contribution in [2.24, 2.45) is 9.98 Å². The van der Waals surface area contributed by atoms with Gasteiger partial charge in [-0.05, 0) is 42.7 Å². The van der Waals surface area contributed by atoms with Gasteiger partial charge in [0, 0.05) is 30.3 Å². The van der Waals surface area contributed by atoms with Crippen LogP contribution in [-0.2, 0) is 6.54 Å². The predicted octanol–water partition coefficient (Wildman–Crippen LogP) is 2.63. The van der Waals surface area contributed by atoms with Gasteiger partial charge >= 0.3 is 12.1 Å². The number of nitrogens with zero attached hydrogens (tertiary/aromatic N) is 3. The zero-order valence-corrected chi connectivity index (χ0v) is 15.3. The van der Waals surface area contributed by atoms with E-state index in [0.29, 0.717) is 28.0 Å². The van der Waals surface area contributed by atoms with Gasteiger partial charge < -0.3 is 15.5 Å². The fourth-order valence-corrected chi connectivity index (χ4v) is 3.51. The highest BCUT2D eigenvalue weighted by molar-refractivity contribution is 6.30. The Morgan fingerprint density at radius 2 is 1.96 bits per heavy atom. The van der Waals surface area contributed by atoms with E-state index in [9.17, 15) is 9.59 Å². The average Bonchev–Trinajstić information content (AvgIpc) is 3.30. The number of benzene rings is 2. The van der Waals surface area contributed by atoms with Crippen LogP contribution in [0.4, 0.5) is 21.0 Å². The highest BCUT2D eigenvalue weighted by Crippen LogP contribution is 2.28. The summed E-state index contributed by atoms with van der Waals surface area (Å²) in [6, 6.07) is 9.86. The summed E-state index contributed by atoms with van der Waals surface area (Å²) in [7, 11) is 0. The van der Waals surface area contributed by atoms with E-state index in [4.69, 9.17) is 11.6 Å². The Balaban J connectivity index is 1.47. The first-order chi connectivity index (χ1) is 13.1. The van der Waals surface area contributed by atoms with Crippen LogP contribution in [0.2, 0.25) is 5.02 Å². The van der Waals surface area contributed by atoms with Gasteiger partial charge in [0.1, 0.15) is 5.36 Å². The lowest BCUT2D eigenvalue weighted by Crippen LogP contribution is -2.33. The highest BCUT2D eigenvalue weighted by atomic mass is 35.5. The molecule has 138 valence electrons. The van der Waals surface area contributed by atoms with Gasteiger partial charge in [0.25, 0.3) is 0 Å². The molecule has 2 aliphatic heterocycles. The fraction of sp³-hybridized carbons (Fsp3) is 0.263. The van der Waals surface area contributed by atoms with Crippen molar-refractivity contribution in [3.63, 3.8) is 0 Å². The quantitative estimate of drug-likeness (QED) is 0.850. The van der Waals surface area contributed by atoms with Gasteiger partial charge in [0.15, 0.2) is 0 Å². The van der Waals surface area contributed by atoms with Crippen LogP contribution in [0.1, 0.15) is 18.4 Å². The predicted molar refractivity (Wildman–Crippen MR) is 103 cm³/mol. The Hall–Kier alpha value is -2.93. The first-order valence-electron chi connectivity index (χ1n) is 8.79. The molecule has 2 aromatic carbocycles. The average molecular weight is 384 g/mol. The number of halogens is 1. The number of urea groups is 2. The maximum Gasteiger partial charge on any atom is 0.368 e. The molecule has 2 heterocycles. The molecule has 8 heteroatoms. The van der Waals surface area contributed by atoms with E-state index in [1.165, 1.54) is 0 Å². The van der Waals surface area contributed by atoms with E-state index in [0.717, 1.165) is 37.2 Å². The van der Waals surface area contributed by atoms with Crippen LogP contribution < -0.4 is 26.2 Å². The third-order valence-electron chi connectivity index (χ3n) is 4.62. The van der Waals surface area contributed by atoms with Crippen molar-refractivity contribution in [1.29, 1.82) is 0 Å². The van der Waals surface area contributed by atoms with Gasteiger partial charge in [-0.2, -0.15) is 9.98 Å². The molecule has 27 heavy (non-hydrogen) atoms. The van der Waals surface area contributed by atoms with Crippen LogP contribution in [-0.4, -0.2) is 25.2 Å². The smallest absolute Gasteiger partial charge is 0.368 e. The summed E-state index contributed by atoms with van der Waals surface area (Å²) < 4.78 is 0. The number of carbonyl (C=O) groups is 2. The minimum atomic E-state index is -0.559. The van der Waals surface area contributed by atoms with Gasteiger partial charge in [-0.15, -0.1) is 0 Å². The first-order valence-corrected chi connectivity index (χ1v) is 9.16. The molecule has 2 aromatic rings. The van der Waals surface area contributed by atoms with E-state index in [-0.39, 0.29) is 6.03 Å². The number of para-hydroxylation sites is 1. The largest absolute Gasteiger partial charge is 0.371 e. The van der Waals surface area contributed by atoms with Gasteiger partial charge in [0.2, 0.25) is 0 Å². The summed E-state index contributed by atoms with van der Waals surface area (Å²) in [4.78, 5) is 33.6. The molecular weight excluding hydrogens is 366 g/mol. The summed E-state index contributed by atoms with van der Waals surface area (Å²) in [6.07, 6.45) is 2.32. The highest BCUT2D eigenvalue weighted by Gasteiger charge is 2.17. The lowest BCUT2D eigenvalue weighted by atomic mass is 10.1. The Kier molecular flexibility index (Phi) is 4.77. The number of anilines is 2. The minimum Gasteiger partial charge on any atom is -0.371 e. The van der Waals surface area contributed by atoms with Crippen molar-refractivity contribution < 1.29 is 9.59 Å². The van der Waals surface area contributed by atoms with Crippen LogP contribution in [0.15, 0.2) is 46.4 Å². The molecule has 0 unspecified atom stereocenters. The second-order valence-corrected chi connectivity index (χ2v) is 6.89. The molecule has 0 aliphatic carbocycles. The van der Waals surface area contributed by atoms with Gasteiger partial charge in [-0.1, -0.05) is 23.7 Å². The molecule has 0 bridgehead atoms. The van der Waals surface area contributed by atoms with E-state index >= 15 is 0 Å². The van der Waals surface area contributed by atoms with Gasteiger partial charge in [0.05, 0.1) is 11.0 Å². The second kappa shape index (κ2) is 7.36. The van der Waals surface area contributed by atoms with E-state index in [2.05, 4.69) is 25.5 Å². The number of fused-ring (bicyclic) bond motifs is 1. The van der Waals surface area contributed by atoms with E-state index in [1.54, 1.807) is 18.2 Å². The number of hydrogen-bond donors (Lipinski definition) is 2. The number of carbonyl (C=O) groups excluding carboxylic acids is 2. The van der Waals surface area contributed by atoms with Crippen LogP contribution in [0, 0.1) is 0 Å². The Bertz CT molecular complexity index is 1030. The van der Waals surface area contributed by atoms with Crippen LogP contribution in [0.25, 0.3) is 0 Å². The van der Waals surface area contributed by atoms with Crippen molar-refractivity contribution in [3.05, 3.63) is 57.7 Å².